The Labute approximate surface area is 169 Å². The summed E-state index contributed by atoms with van der Waals surface area (Å²) in [5.41, 5.74) is 5.55. The van der Waals surface area contributed by atoms with Gasteiger partial charge in [-0.05, 0) is 31.2 Å². The van der Waals surface area contributed by atoms with E-state index in [4.69, 9.17) is 5.73 Å². The Morgan fingerprint density at radius 2 is 1.93 bits per heavy atom. The summed E-state index contributed by atoms with van der Waals surface area (Å²) in [6, 6.07) is 8.17. The van der Waals surface area contributed by atoms with Gasteiger partial charge in [0, 0.05) is 25.9 Å². The maximum absolute atomic E-state index is 13.5. The van der Waals surface area contributed by atoms with Gasteiger partial charge in [0.2, 0.25) is 23.6 Å². The predicted octanol–water partition coefficient (Wildman–Crippen LogP) is -0.0449. The van der Waals surface area contributed by atoms with E-state index in [0.29, 0.717) is 51.6 Å². The second-order valence-electron chi connectivity index (χ2n) is 8.18. The molecule has 0 aromatic heterocycles. The van der Waals surface area contributed by atoms with Crippen LogP contribution in [0.3, 0.4) is 0 Å². The fourth-order valence-electron chi connectivity index (χ4n) is 4.84. The van der Waals surface area contributed by atoms with E-state index in [2.05, 4.69) is 5.32 Å². The first kappa shape index (κ1) is 19.4. The van der Waals surface area contributed by atoms with Crippen molar-refractivity contribution in [2.75, 3.05) is 13.1 Å². The molecule has 3 N–H and O–H groups in total. The maximum Gasteiger partial charge on any atom is 0.249 e. The van der Waals surface area contributed by atoms with Crippen molar-refractivity contribution in [3.8, 4) is 0 Å². The van der Waals surface area contributed by atoms with Crippen LogP contribution in [0.1, 0.15) is 37.7 Å². The third-order valence-corrected chi connectivity index (χ3v) is 6.40. The number of amides is 4. The number of hydrogen-bond acceptors (Lipinski definition) is 4. The molecule has 1 aromatic rings. The van der Waals surface area contributed by atoms with Gasteiger partial charge in [-0.2, -0.15) is 0 Å². The molecule has 0 aliphatic carbocycles. The van der Waals surface area contributed by atoms with Crippen molar-refractivity contribution in [2.45, 2.75) is 56.1 Å². The first-order valence-electron chi connectivity index (χ1n) is 10.2. The van der Waals surface area contributed by atoms with Crippen LogP contribution >= 0.6 is 0 Å². The summed E-state index contributed by atoms with van der Waals surface area (Å²) >= 11 is 0. The summed E-state index contributed by atoms with van der Waals surface area (Å²) in [7, 11) is 0. The normalized spacial score (nSPS) is 27.5. The number of nitrogens with one attached hydrogen (secondary N) is 1. The predicted molar refractivity (Wildman–Crippen MR) is 104 cm³/mol. The number of primary amides is 1. The van der Waals surface area contributed by atoms with Gasteiger partial charge < -0.3 is 20.9 Å². The molecule has 8 nitrogen and oxygen atoms in total. The second-order valence-corrected chi connectivity index (χ2v) is 8.18. The topological polar surface area (TPSA) is 113 Å². The molecule has 1 spiro atoms. The van der Waals surface area contributed by atoms with Gasteiger partial charge in [0.25, 0.3) is 0 Å². The quantitative estimate of drug-likeness (QED) is 0.724. The molecule has 3 heterocycles. The van der Waals surface area contributed by atoms with E-state index in [9.17, 15) is 19.2 Å². The third kappa shape index (κ3) is 3.47. The lowest BCUT2D eigenvalue weighted by Gasteiger charge is -2.33. The molecule has 4 amide bonds. The Bertz CT molecular complexity index is 842. The van der Waals surface area contributed by atoms with Gasteiger partial charge >= 0.3 is 0 Å². The van der Waals surface area contributed by atoms with E-state index in [0.717, 1.165) is 5.56 Å². The zero-order chi connectivity index (χ0) is 20.6. The highest BCUT2D eigenvalue weighted by atomic mass is 16.2. The largest absolute Gasteiger partial charge is 0.368 e. The molecule has 3 atom stereocenters. The van der Waals surface area contributed by atoms with Crippen LogP contribution in [0.2, 0.25) is 0 Å². The van der Waals surface area contributed by atoms with Crippen molar-refractivity contribution in [3.63, 3.8) is 0 Å². The molecule has 1 aromatic carbocycles. The van der Waals surface area contributed by atoms with E-state index in [1.807, 2.05) is 30.3 Å². The number of carbonyl (C=O) groups excluding carboxylic acids is 4. The van der Waals surface area contributed by atoms with Crippen LogP contribution < -0.4 is 11.1 Å². The van der Waals surface area contributed by atoms with Gasteiger partial charge in [0.15, 0.2) is 0 Å². The molecule has 3 fully saturated rings. The van der Waals surface area contributed by atoms with Crippen molar-refractivity contribution >= 4 is 23.6 Å². The minimum atomic E-state index is -0.888. The summed E-state index contributed by atoms with van der Waals surface area (Å²) in [5.74, 6) is -1.08. The van der Waals surface area contributed by atoms with E-state index in [1.54, 1.807) is 4.90 Å². The van der Waals surface area contributed by atoms with E-state index in [-0.39, 0.29) is 17.7 Å². The number of nitrogens with two attached hydrogens (primary N) is 1. The lowest BCUT2D eigenvalue weighted by Crippen LogP contribution is -2.57. The first-order chi connectivity index (χ1) is 13.9. The van der Waals surface area contributed by atoms with Crippen LogP contribution in [0.5, 0.6) is 0 Å². The van der Waals surface area contributed by atoms with Gasteiger partial charge in [0.05, 0.1) is 0 Å². The Morgan fingerprint density at radius 3 is 2.59 bits per heavy atom. The average Bonchev–Trinajstić information content (AvgIpc) is 3.41. The molecule has 3 aliphatic rings. The minimum Gasteiger partial charge on any atom is -0.368 e. The summed E-state index contributed by atoms with van der Waals surface area (Å²) in [5, 5.41) is 2.83. The van der Waals surface area contributed by atoms with Crippen molar-refractivity contribution in [1.29, 1.82) is 0 Å². The van der Waals surface area contributed by atoms with Crippen LogP contribution in [0, 0.1) is 0 Å². The molecule has 3 saturated heterocycles. The van der Waals surface area contributed by atoms with Crippen molar-refractivity contribution < 1.29 is 19.2 Å². The van der Waals surface area contributed by atoms with Gasteiger partial charge in [-0.3, -0.25) is 19.2 Å². The minimum absolute atomic E-state index is 0.125. The summed E-state index contributed by atoms with van der Waals surface area (Å²) in [6.45, 7) is 0.860. The molecule has 154 valence electrons. The zero-order valence-electron chi connectivity index (χ0n) is 16.3. The standard InChI is InChI=1S/C21H26N4O4/c22-18(27)15-7-4-11-24(15)19(28)16(13-14-5-2-1-3-6-14)25-12-10-21(20(25)29)9-8-17(26)23-21/h1-3,5-6,15-16H,4,7-13H2,(H2,22,27)(H,23,26)/t15?,16-,21-/m0/s1. The number of carbonyl (C=O) groups is 4. The zero-order valence-corrected chi connectivity index (χ0v) is 16.3. The van der Waals surface area contributed by atoms with Crippen LogP contribution in [-0.4, -0.2) is 64.1 Å². The lowest BCUT2D eigenvalue weighted by atomic mass is 9.95. The molecule has 3 aliphatic heterocycles. The Kier molecular flexibility index (Phi) is 5.02. The molecule has 29 heavy (non-hydrogen) atoms. The highest BCUT2D eigenvalue weighted by molar-refractivity contribution is 5.99. The highest BCUT2D eigenvalue weighted by Gasteiger charge is 2.54. The average molecular weight is 398 g/mol. The van der Waals surface area contributed by atoms with Gasteiger partial charge in [-0.15, -0.1) is 0 Å². The number of likely N-dealkylation sites (tertiary alicyclic amines) is 2. The van der Waals surface area contributed by atoms with Crippen LogP contribution in [0.15, 0.2) is 30.3 Å². The van der Waals surface area contributed by atoms with Crippen molar-refractivity contribution in [2.24, 2.45) is 5.73 Å². The van der Waals surface area contributed by atoms with Gasteiger partial charge in [0.1, 0.15) is 17.6 Å². The molecule has 0 bridgehead atoms. The highest BCUT2D eigenvalue weighted by Crippen LogP contribution is 2.34. The fourth-order valence-corrected chi connectivity index (χ4v) is 4.84. The first-order valence-corrected chi connectivity index (χ1v) is 10.2. The third-order valence-electron chi connectivity index (χ3n) is 6.40. The number of rotatable bonds is 5. The monoisotopic (exact) mass is 398 g/mol. The molecular formula is C21H26N4O4. The fraction of sp³-hybridized carbons (Fsp3) is 0.524. The Morgan fingerprint density at radius 1 is 1.17 bits per heavy atom. The summed E-state index contributed by atoms with van der Waals surface area (Å²) in [4.78, 5) is 53.5. The SMILES string of the molecule is NC(=O)C1CCCN1C(=O)[C@H](Cc1ccccc1)N1CC[C@@]2(CCC(=O)N2)C1=O. The van der Waals surface area contributed by atoms with E-state index >= 15 is 0 Å². The van der Waals surface area contributed by atoms with Crippen LogP contribution in [0.25, 0.3) is 0 Å². The number of hydrogen-bond donors (Lipinski definition) is 2. The smallest absolute Gasteiger partial charge is 0.249 e. The number of benzene rings is 1. The Balaban J connectivity index is 1.62. The summed E-state index contributed by atoms with van der Waals surface area (Å²) in [6.07, 6.45) is 2.90. The van der Waals surface area contributed by atoms with E-state index in [1.165, 1.54) is 4.90 Å². The molecule has 4 rings (SSSR count). The van der Waals surface area contributed by atoms with Crippen molar-refractivity contribution in [1.82, 2.24) is 15.1 Å². The van der Waals surface area contributed by atoms with Gasteiger partial charge in [-0.25, -0.2) is 0 Å². The maximum atomic E-state index is 13.5. The van der Waals surface area contributed by atoms with Crippen LogP contribution in [0.4, 0.5) is 0 Å². The molecule has 8 heteroatoms. The van der Waals surface area contributed by atoms with Crippen LogP contribution in [-0.2, 0) is 25.6 Å². The van der Waals surface area contributed by atoms with E-state index < -0.39 is 23.5 Å². The molecule has 1 unspecified atom stereocenters. The van der Waals surface area contributed by atoms with Gasteiger partial charge in [-0.1, -0.05) is 30.3 Å². The summed E-state index contributed by atoms with van der Waals surface area (Å²) < 4.78 is 0. The molecular weight excluding hydrogens is 372 g/mol. The van der Waals surface area contributed by atoms with Crippen molar-refractivity contribution in [3.05, 3.63) is 35.9 Å². The second kappa shape index (κ2) is 7.50. The Hall–Kier alpha value is -2.90. The lowest BCUT2D eigenvalue weighted by molar-refractivity contribution is -0.147. The molecule has 0 radical (unpaired) electrons. The molecule has 0 saturated carbocycles. The number of nitrogens with zero attached hydrogens (tertiary/aromatic N) is 2.